The molecule has 0 unspecified atom stereocenters. The zero-order valence-electron chi connectivity index (χ0n) is 11.1. The molecule has 0 saturated carbocycles. The lowest BCUT2D eigenvalue weighted by Gasteiger charge is -2.03. The van der Waals surface area contributed by atoms with E-state index in [-0.39, 0.29) is 0 Å². The molecule has 1 aromatic rings. The van der Waals surface area contributed by atoms with Crippen LogP contribution in [0.4, 0.5) is 0 Å². The van der Waals surface area contributed by atoms with E-state index in [9.17, 15) is 0 Å². The lowest BCUT2D eigenvalue weighted by atomic mass is 10.3. The largest absolute Gasteiger partial charge is 0.490 e. The zero-order chi connectivity index (χ0) is 12.6. The molecule has 1 heterocycles. The van der Waals surface area contributed by atoms with Crippen molar-refractivity contribution in [1.82, 2.24) is 0 Å². The quantitative estimate of drug-likeness (QED) is 0.776. The number of allylic oxidation sites excluding steroid dienone is 1. The van der Waals surface area contributed by atoms with Crippen LogP contribution in [0.1, 0.15) is 39.2 Å². The summed E-state index contributed by atoms with van der Waals surface area (Å²) in [5.74, 6) is 2.82. The van der Waals surface area contributed by atoms with Gasteiger partial charge in [-0.05, 0) is 26.8 Å². The minimum Gasteiger partial charge on any atom is -0.490 e. The van der Waals surface area contributed by atoms with E-state index in [0.29, 0.717) is 23.9 Å². The van der Waals surface area contributed by atoms with Crippen LogP contribution in [0.3, 0.4) is 0 Å². The van der Waals surface area contributed by atoms with E-state index in [1.807, 2.05) is 46.8 Å². The number of rotatable bonds is 4. The molecule has 16 heavy (non-hydrogen) atoms. The summed E-state index contributed by atoms with van der Waals surface area (Å²) in [5.41, 5.74) is 0. The minimum absolute atomic E-state index is 0.597. The first-order valence-corrected chi connectivity index (χ1v) is 5.67. The standard InChI is InChI=1S/C11H16O3.C2H6/c1-5-7-9-11(13-6-2)10(12-4)8(3)14-9;1-2/h5,7H,6H2,1-4H3;1-2H3/b7-5+;. The molecule has 0 bridgehead atoms. The van der Waals surface area contributed by atoms with Gasteiger partial charge in [-0.3, -0.25) is 0 Å². The summed E-state index contributed by atoms with van der Waals surface area (Å²) in [6.07, 6.45) is 3.76. The predicted molar refractivity (Wildman–Crippen MR) is 67.2 cm³/mol. The van der Waals surface area contributed by atoms with Crippen LogP contribution in [-0.2, 0) is 0 Å². The van der Waals surface area contributed by atoms with Crippen molar-refractivity contribution >= 4 is 6.08 Å². The van der Waals surface area contributed by atoms with Crippen molar-refractivity contribution in [2.45, 2.75) is 34.6 Å². The van der Waals surface area contributed by atoms with E-state index in [4.69, 9.17) is 13.9 Å². The third-order valence-corrected chi connectivity index (χ3v) is 1.82. The summed E-state index contributed by atoms with van der Waals surface area (Å²) >= 11 is 0. The smallest absolute Gasteiger partial charge is 0.207 e. The first kappa shape index (κ1) is 14.6. The molecule has 0 radical (unpaired) electrons. The number of furan rings is 1. The Balaban J connectivity index is 0.00000106. The van der Waals surface area contributed by atoms with Crippen molar-refractivity contribution in [2.75, 3.05) is 13.7 Å². The fourth-order valence-corrected chi connectivity index (χ4v) is 1.31. The Kier molecular flexibility index (Phi) is 7.18. The van der Waals surface area contributed by atoms with Crippen LogP contribution >= 0.6 is 0 Å². The van der Waals surface area contributed by atoms with Crippen molar-refractivity contribution in [3.63, 3.8) is 0 Å². The molecule has 3 nitrogen and oxygen atoms in total. The highest BCUT2D eigenvalue weighted by Gasteiger charge is 2.17. The van der Waals surface area contributed by atoms with Crippen molar-refractivity contribution in [1.29, 1.82) is 0 Å². The molecule has 1 aromatic heterocycles. The second-order valence-electron chi connectivity index (χ2n) is 2.82. The summed E-state index contributed by atoms with van der Waals surface area (Å²) in [5, 5.41) is 0. The van der Waals surface area contributed by atoms with E-state index >= 15 is 0 Å². The van der Waals surface area contributed by atoms with Crippen molar-refractivity contribution in [2.24, 2.45) is 0 Å². The van der Waals surface area contributed by atoms with Crippen LogP contribution < -0.4 is 9.47 Å². The van der Waals surface area contributed by atoms with Crippen LogP contribution in [0, 0.1) is 6.92 Å². The van der Waals surface area contributed by atoms with Crippen molar-refractivity contribution in [3.05, 3.63) is 17.6 Å². The molecule has 0 aromatic carbocycles. The number of ether oxygens (including phenoxy) is 2. The molecular formula is C13H22O3. The molecule has 0 atom stereocenters. The van der Waals surface area contributed by atoms with Crippen molar-refractivity contribution < 1.29 is 13.9 Å². The van der Waals surface area contributed by atoms with Gasteiger partial charge >= 0.3 is 0 Å². The number of aryl methyl sites for hydroxylation is 1. The second-order valence-corrected chi connectivity index (χ2v) is 2.82. The summed E-state index contributed by atoms with van der Waals surface area (Å²) in [6, 6.07) is 0. The van der Waals surface area contributed by atoms with E-state index in [1.54, 1.807) is 7.11 Å². The lowest BCUT2D eigenvalue weighted by Crippen LogP contribution is -1.94. The molecule has 0 spiro atoms. The first-order chi connectivity index (χ1) is 7.74. The van der Waals surface area contributed by atoms with Gasteiger partial charge in [0.05, 0.1) is 13.7 Å². The first-order valence-electron chi connectivity index (χ1n) is 5.67. The maximum absolute atomic E-state index is 5.49. The van der Waals surface area contributed by atoms with Crippen LogP contribution in [0.25, 0.3) is 6.08 Å². The lowest BCUT2D eigenvalue weighted by molar-refractivity contribution is 0.311. The summed E-state index contributed by atoms with van der Waals surface area (Å²) < 4.78 is 16.2. The minimum atomic E-state index is 0.597. The van der Waals surface area contributed by atoms with Gasteiger partial charge < -0.3 is 13.9 Å². The van der Waals surface area contributed by atoms with E-state index in [1.165, 1.54) is 0 Å². The fourth-order valence-electron chi connectivity index (χ4n) is 1.31. The monoisotopic (exact) mass is 226 g/mol. The maximum Gasteiger partial charge on any atom is 0.207 e. The molecule has 92 valence electrons. The van der Waals surface area contributed by atoms with Gasteiger partial charge in [0, 0.05) is 0 Å². The van der Waals surface area contributed by atoms with Crippen LogP contribution in [0.5, 0.6) is 11.5 Å². The van der Waals surface area contributed by atoms with Crippen LogP contribution in [0.2, 0.25) is 0 Å². The molecule has 0 fully saturated rings. The predicted octanol–water partition coefficient (Wildman–Crippen LogP) is 4.05. The molecule has 0 aliphatic rings. The molecule has 3 heteroatoms. The van der Waals surface area contributed by atoms with E-state index in [2.05, 4.69) is 0 Å². The highest BCUT2D eigenvalue weighted by molar-refractivity contribution is 5.59. The third-order valence-electron chi connectivity index (χ3n) is 1.82. The Bertz CT molecular complexity index is 324. The van der Waals surface area contributed by atoms with Crippen LogP contribution in [0.15, 0.2) is 10.5 Å². The van der Waals surface area contributed by atoms with Gasteiger partial charge in [0.2, 0.25) is 11.5 Å². The Morgan fingerprint density at radius 2 is 1.88 bits per heavy atom. The molecule has 0 N–H and O–H groups in total. The van der Waals surface area contributed by atoms with Crippen molar-refractivity contribution in [3.8, 4) is 11.5 Å². The molecule has 0 aliphatic heterocycles. The highest BCUT2D eigenvalue weighted by Crippen LogP contribution is 2.38. The van der Waals surface area contributed by atoms with E-state index < -0.39 is 0 Å². The zero-order valence-corrected chi connectivity index (χ0v) is 11.1. The molecular weight excluding hydrogens is 204 g/mol. The van der Waals surface area contributed by atoms with Gasteiger partial charge in [0.1, 0.15) is 5.76 Å². The number of hydrogen-bond acceptors (Lipinski definition) is 3. The average molecular weight is 226 g/mol. The normalized spacial score (nSPS) is 9.88. The second kappa shape index (κ2) is 7.85. The highest BCUT2D eigenvalue weighted by atomic mass is 16.5. The number of hydrogen-bond donors (Lipinski definition) is 0. The number of methoxy groups -OCH3 is 1. The molecule has 1 rings (SSSR count). The van der Waals surface area contributed by atoms with Gasteiger partial charge in [-0.1, -0.05) is 19.9 Å². The van der Waals surface area contributed by atoms with Gasteiger partial charge in [-0.25, -0.2) is 0 Å². The summed E-state index contributed by atoms with van der Waals surface area (Å²) in [4.78, 5) is 0. The topological polar surface area (TPSA) is 31.6 Å². The Morgan fingerprint density at radius 1 is 1.25 bits per heavy atom. The van der Waals surface area contributed by atoms with Gasteiger partial charge in [0.25, 0.3) is 0 Å². The molecule has 0 aliphatic carbocycles. The molecule has 0 amide bonds. The Labute approximate surface area is 98.1 Å². The maximum atomic E-state index is 5.49. The Morgan fingerprint density at radius 3 is 2.31 bits per heavy atom. The summed E-state index contributed by atoms with van der Waals surface area (Å²) in [6.45, 7) is 10.3. The Hall–Kier alpha value is -1.38. The SMILES string of the molecule is C/C=C/c1oc(C)c(OC)c1OCC.CC. The fraction of sp³-hybridized carbons (Fsp3) is 0.538. The van der Waals surface area contributed by atoms with Crippen LogP contribution in [-0.4, -0.2) is 13.7 Å². The molecule has 0 saturated heterocycles. The van der Waals surface area contributed by atoms with E-state index in [0.717, 1.165) is 5.76 Å². The summed E-state index contributed by atoms with van der Waals surface area (Å²) in [7, 11) is 1.61. The van der Waals surface area contributed by atoms with Gasteiger partial charge in [0.15, 0.2) is 5.76 Å². The van der Waals surface area contributed by atoms with Gasteiger partial charge in [-0.15, -0.1) is 0 Å². The average Bonchev–Trinajstić information content (AvgIpc) is 2.59. The van der Waals surface area contributed by atoms with Gasteiger partial charge in [-0.2, -0.15) is 0 Å². The third kappa shape index (κ3) is 3.33.